The second-order valence-electron chi connectivity index (χ2n) is 4.84. The largest absolute Gasteiger partial charge is 0.467 e. The van der Waals surface area contributed by atoms with Crippen LogP contribution in [-0.4, -0.2) is 46.8 Å². The van der Waals surface area contributed by atoms with E-state index in [-0.39, 0.29) is 5.91 Å². The van der Waals surface area contributed by atoms with Gasteiger partial charge in [0.05, 0.1) is 24.6 Å². The van der Waals surface area contributed by atoms with E-state index in [1.807, 2.05) is 36.6 Å². The highest BCUT2D eigenvalue weighted by molar-refractivity contribution is 7.98. The van der Waals surface area contributed by atoms with Gasteiger partial charge in [-0.2, -0.15) is 16.9 Å². The van der Waals surface area contributed by atoms with E-state index in [1.54, 1.807) is 22.6 Å². The number of methoxy groups -OCH3 is 1. The lowest BCUT2D eigenvalue weighted by Crippen LogP contribution is -2.41. The lowest BCUT2D eigenvalue weighted by molar-refractivity contribution is -0.142. The van der Waals surface area contributed by atoms with Crippen LogP contribution in [0.2, 0.25) is 0 Å². The molecule has 0 radical (unpaired) electrons. The Morgan fingerprint density at radius 2 is 2.09 bits per heavy atom. The molecule has 1 amide bonds. The third-order valence-corrected chi connectivity index (χ3v) is 3.91. The standard InChI is InChI=1S/C16H19N3O3S/c1-22-16(21)14(8-9-23-2)18-15(20)12-10-17-19(11-12)13-6-4-3-5-7-13/h3-7,10-11,14H,8-9H2,1-2H3,(H,18,20)/t14-/m0/s1. The summed E-state index contributed by atoms with van der Waals surface area (Å²) in [5.41, 5.74) is 1.25. The fourth-order valence-electron chi connectivity index (χ4n) is 2.03. The monoisotopic (exact) mass is 333 g/mol. The van der Waals surface area contributed by atoms with Gasteiger partial charge in [0, 0.05) is 6.20 Å². The minimum absolute atomic E-state index is 0.344. The number of ether oxygens (including phenoxy) is 1. The minimum atomic E-state index is -0.653. The normalized spacial score (nSPS) is 11.7. The number of aromatic nitrogens is 2. The van der Waals surface area contributed by atoms with Crippen molar-refractivity contribution in [3.05, 3.63) is 48.3 Å². The van der Waals surface area contributed by atoms with Crippen LogP contribution >= 0.6 is 11.8 Å². The molecule has 1 heterocycles. The van der Waals surface area contributed by atoms with Gasteiger partial charge in [0.15, 0.2) is 0 Å². The first-order valence-corrected chi connectivity index (χ1v) is 8.53. The molecule has 0 bridgehead atoms. The highest BCUT2D eigenvalue weighted by atomic mass is 32.2. The number of hydrogen-bond acceptors (Lipinski definition) is 5. The predicted molar refractivity (Wildman–Crippen MR) is 89.8 cm³/mol. The minimum Gasteiger partial charge on any atom is -0.467 e. The summed E-state index contributed by atoms with van der Waals surface area (Å²) in [5.74, 6) is -0.0323. The van der Waals surface area contributed by atoms with Gasteiger partial charge in [-0.25, -0.2) is 9.48 Å². The van der Waals surface area contributed by atoms with Crippen molar-refractivity contribution >= 4 is 23.6 Å². The molecule has 1 aromatic heterocycles. The lowest BCUT2D eigenvalue weighted by atomic mass is 10.2. The molecule has 122 valence electrons. The Bertz CT molecular complexity index is 658. The third-order valence-electron chi connectivity index (χ3n) is 3.27. The molecule has 0 saturated carbocycles. The van der Waals surface area contributed by atoms with Gasteiger partial charge in [0.2, 0.25) is 0 Å². The van der Waals surface area contributed by atoms with Crippen molar-refractivity contribution < 1.29 is 14.3 Å². The van der Waals surface area contributed by atoms with E-state index in [2.05, 4.69) is 10.4 Å². The van der Waals surface area contributed by atoms with Gasteiger partial charge < -0.3 is 10.1 Å². The summed E-state index contributed by atoms with van der Waals surface area (Å²) in [7, 11) is 1.31. The Hall–Kier alpha value is -2.28. The molecule has 0 aliphatic carbocycles. The summed E-state index contributed by atoms with van der Waals surface area (Å²) in [6, 6.07) is 8.83. The van der Waals surface area contributed by atoms with Gasteiger partial charge in [-0.1, -0.05) is 18.2 Å². The van der Waals surface area contributed by atoms with E-state index in [1.165, 1.54) is 13.3 Å². The number of nitrogens with one attached hydrogen (secondary N) is 1. The van der Waals surface area contributed by atoms with Crippen LogP contribution in [0, 0.1) is 0 Å². The first-order chi connectivity index (χ1) is 11.2. The smallest absolute Gasteiger partial charge is 0.328 e. The second kappa shape index (κ2) is 8.38. The summed E-state index contributed by atoms with van der Waals surface area (Å²) < 4.78 is 6.35. The highest BCUT2D eigenvalue weighted by Gasteiger charge is 2.22. The third kappa shape index (κ3) is 4.59. The zero-order valence-electron chi connectivity index (χ0n) is 13.1. The van der Waals surface area contributed by atoms with Crippen LogP contribution in [0.5, 0.6) is 0 Å². The lowest BCUT2D eigenvalue weighted by Gasteiger charge is -2.15. The number of benzene rings is 1. The molecular weight excluding hydrogens is 314 g/mol. The van der Waals surface area contributed by atoms with E-state index in [4.69, 9.17) is 4.74 Å². The second-order valence-corrected chi connectivity index (χ2v) is 5.83. The summed E-state index contributed by atoms with van der Waals surface area (Å²) >= 11 is 1.61. The summed E-state index contributed by atoms with van der Waals surface area (Å²) in [4.78, 5) is 24.0. The Morgan fingerprint density at radius 1 is 1.35 bits per heavy atom. The topological polar surface area (TPSA) is 73.2 Å². The van der Waals surface area contributed by atoms with Crippen LogP contribution in [0.3, 0.4) is 0 Å². The molecule has 0 aliphatic rings. The number of thioether (sulfide) groups is 1. The molecule has 0 fully saturated rings. The Labute approximate surface area is 139 Å². The molecule has 0 unspecified atom stereocenters. The number of hydrogen-bond donors (Lipinski definition) is 1. The van der Waals surface area contributed by atoms with Crippen molar-refractivity contribution in [1.82, 2.24) is 15.1 Å². The number of carbonyl (C=O) groups excluding carboxylic acids is 2. The molecule has 0 aliphatic heterocycles. The summed E-state index contributed by atoms with van der Waals surface area (Å²) in [5, 5.41) is 6.88. The van der Waals surface area contributed by atoms with Crippen molar-refractivity contribution in [3.63, 3.8) is 0 Å². The fraction of sp³-hybridized carbons (Fsp3) is 0.312. The van der Waals surface area contributed by atoms with Gasteiger partial charge in [-0.05, 0) is 30.6 Å². The van der Waals surface area contributed by atoms with Crippen LogP contribution in [0.15, 0.2) is 42.7 Å². The number of carbonyl (C=O) groups is 2. The van der Waals surface area contributed by atoms with E-state index >= 15 is 0 Å². The first kappa shape index (κ1) is 17.1. The number of para-hydroxylation sites is 1. The van der Waals surface area contributed by atoms with Crippen molar-refractivity contribution in [1.29, 1.82) is 0 Å². The molecule has 23 heavy (non-hydrogen) atoms. The van der Waals surface area contributed by atoms with Gasteiger partial charge in [0.25, 0.3) is 5.91 Å². The van der Waals surface area contributed by atoms with Gasteiger partial charge in [0.1, 0.15) is 6.04 Å². The van der Waals surface area contributed by atoms with E-state index in [9.17, 15) is 9.59 Å². The molecule has 7 heteroatoms. The van der Waals surface area contributed by atoms with E-state index in [0.29, 0.717) is 12.0 Å². The quantitative estimate of drug-likeness (QED) is 0.784. The molecule has 6 nitrogen and oxygen atoms in total. The SMILES string of the molecule is COC(=O)[C@H](CCSC)NC(=O)c1cnn(-c2ccccc2)c1. The van der Waals surface area contributed by atoms with Gasteiger partial charge in [-0.3, -0.25) is 4.79 Å². The van der Waals surface area contributed by atoms with E-state index < -0.39 is 12.0 Å². The van der Waals surface area contributed by atoms with Crippen molar-refractivity contribution in [2.45, 2.75) is 12.5 Å². The maximum atomic E-state index is 12.3. The van der Waals surface area contributed by atoms with Crippen LogP contribution in [0.4, 0.5) is 0 Å². The predicted octanol–water partition coefficient (Wildman–Crippen LogP) is 1.90. The number of amides is 1. The zero-order valence-corrected chi connectivity index (χ0v) is 13.9. The van der Waals surface area contributed by atoms with Crippen LogP contribution < -0.4 is 5.32 Å². The highest BCUT2D eigenvalue weighted by Crippen LogP contribution is 2.09. The van der Waals surface area contributed by atoms with Crippen LogP contribution in [0.25, 0.3) is 5.69 Å². The molecule has 0 saturated heterocycles. The molecular formula is C16H19N3O3S. The summed E-state index contributed by atoms with van der Waals surface area (Å²) in [6.07, 6.45) is 5.57. The first-order valence-electron chi connectivity index (χ1n) is 7.13. The molecule has 1 aromatic carbocycles. The molecule has 2 rings (SSSR count). The molecule has 2 aromatic rings. The van der Waals surface area contributed by atoms with Crippen LogP contribution in [0.1, 0.15) is 16.8 Å². The van der Waals surface area contributed by atoms with Crippen LogP contribution in [-0.2, 0) is 9.53 Å². The van der Waals surface area contributed by atoms with Gasteiger partial charge in [-0.15, -0.1) is 0 Å². The van der Waals surface area contributed by atoms with Crippen molar-refractivity contribution in [2.24, 2.45) is 0 Å². The average molecular weight is 333 g/mol. The van der Waals surface area contributed by atoms with Crippen molar-refractivity contribution in [2.75, 3.05) is 19.1 Å². The maximum Gasteiger partial charge on any atom is 0.328 e. The van der Waals surface area contributed by atoms with Crippen molar-refractivity contribution in [3.8, 4) is 5.69 Å². The molecule has 1 atom stereocenters. The number of rotatable bonds is 7. The van der Waals surface area contributed by atoms with Gasteiger partial charge >= 0.3 is 5.97 Å². The average Bonchev–Trinajstić information content (AvgIpc) is 3.08. The molecule has 0 spiro atoms. The Kier molecular flexibility index (Phi) is 6.22. The zero-order chi connectivity index (χ0) is 16.7. The Morgan fingerprint density at radius 3 is 2.74 bits per heavy atom. The number of esters is 1. The Balaban J connectivity index is 2.07. The maximum absolute atomic E-state index is 12.3. The van der Waals surface area contributed by atoms with E-state index in [0.717, 1.165) is 11.4 Å². The summed E-state index contributed by atoms with van der Waals surface area (Å²) in [6.45, 7) is 0. The fourth-order valence-corrected chi connectivity index (χ4v) is 2.50. The molecule has 1 N–H and O–H groups in total. The number of nitrogens with zero attached hydrogens (tertiary/aromatic N) is 2.